The van der Waals surface area contributed by atoms with Gasteiger partial charge in [0.05, 0.1) is 17.1 Å². The fourth-order valence-electron chi connectivity index (χ4n) is 3.11. The molecule has 4 rings (SSSR count). The highest BCUT2D eigenvalue weighted by Gasteiger charge is 2.33. The van der Waals surface area contributed by atoms with Gasteiger partial charge in [0.1, 0.15) is 11.4 Å². The van der Waals surface area contributed by atoms with E-state index in [1.54, 1.807) is 6.07 Å². The molecule has 0 amide bonds. The number of H-pyrrole nitrogens is 1. The Kier molecular flexibility index (Phi) is 2.57. The zero-order chi connectivity index (χ0) is 15.4. The maximum absolute atomic E-state index is 12.8. The normalized spacial score (nSPS) is 19.5. The number of carbonyl (C=O) groups is 1. The first-order chi connectivity index (χ1) is 10.6. The SMILES string of the molecule is CC1=CC=CC2C(=O)c3[nH]c4c(C)cccc4c(=O)c3N=C12. The number of pyridine rings is 1. The Hall–Kier alpha value is -2.75. The molecule has 0 bridgehead atoms. The lowest BCUT2D eigenvalue weighted by Crippen LogP contribution is -2.31. The smallest absolute Gasteiger partial charge is 0.215 e. The number of nitrogens with one attached hydrogen (secondary N) is 1. The van der Waals surface area contributed by atoms with Crippen LogP contribution in [0.2, 0.25) is 0 Å². The van der Waals surface area contributed by atoms with Crippen LogP contribution < -0.4 is 5.43 Å². The quantitative estimate of drug-likeness (QED) is 0.809. The Balaban J connectivity index is 2.12. The van der Waals surface area contributed by atoms with Gasteiger partial charge in [-0.1, -0.05) is 30.4 Å². The number of para-hydroxylation sites is 1. The number of benzene rings is 1. The van der Waals surface area contributed by atoms with Crippen LogP contribution in [0.15, 0.2) is 51.8 Å². The van der Waals surface area contributed by atoms with E-state index < -0.39 is 5.92 Å². The largest absolute Gasteiger partial charge is 0.350 e. The second-order valence-electron chi connectivity index (χ2n) is 5.75. The number of aryl methyl sites for hydroxylation is 1. The zero-order valence-electron chi connectivity index (χ0n) is 12.3. The number of carbonyl (C=O) groups excluding carboxylic acids is 1. The molecule has 22 heavy (non-hydrogen) atoms. The molecule has 4 nitrogen and oxygen atoms in total. The lowest BCUT2D eigenvalue weighted by atomic mass is 9.85. The van der Waals surface area contributed by atoms with Gasteiger partial charge in [0.25, 0.3) is 0 Å². The number of hydrogen-bond acceptors (Lipinski definition) is 3. The summed E-state index contributed by atoms with van der Waals surface area (Å²) in [6, 6.07) is 5.52. The Morgan fingerprint density at radius 1 is 1.18 bits per heavy atom. The summed E-state index contributed by atoms with van der Waals surface area (Å²) in [6.45, 7) is 3.83. The number of aliphatic imine (C=N–C) groups is 1. The standard InChI is InChI=1S/C18H14N2O2/c1-9-5-3-7-11-13(9)19-15-16(17(11)21)20-14-10(2)6-4-8-12(14)18(15)22/h3-8,11H,1-2H3,(H,20,22). The van der Waals surface area contributed by atoms with Gasteiger partial charge >= 0.3 is 0 Å². The Bertz CT molecular complexity index is 990. The minimum atomic E-state index is -0.394. The molecule has 2 aliphatic rings. The van der Waals surface area contributed by atoms with Crippen molar-refractivity contribution in [3.8, 4) is 0 Å². The number of rotatable bonds is 0. The number of Topliss-reactive ketones (excluding diaryl/α,β-unsaturated/α-hetero) is 1. The Morgan fingerprint density at radius 2 is 2.00 bits per heavy atom. The molecule has 0 saturated heterocycles. The van der Waals surface area contributed by atoms with Crippen molar-refractivity contribution < 1.29 is 4.79 Å². The van der Waals surface area contributed by atoms with Crippen LogP contribution in [-0.2, 0) is 0 Å². The summed E-state index contributed by atoms with van der Waals surface area (Å²) in [5.41, 5.74) is 3.62. The molecule has 2 aromatic rings. The van der Waals surface area contributed by atoms with Crippen LogP contribution >= 0.6 is 0 Å². The van der Waals surface area contributed by atoms with Crippen molar-refractivity contribution in [2.45, 2.75) is 13.8 Å². The number of fused-ring (bicyclic) bond motifs is 3. The van der Waals surface area contributed by atoms with Crippen LogP contribution in [-0.4, -0.2) is 16.5 Å². The molecule has 4 heteroatoms. The van der Waals surface area contributed by atoms with E-state index in [9.17, 15) is 9.59 Å². The summed E-state index contributed by atoms with van der Waals surface area (Å²) in [7, 11) is 0. The van der Waals surface area contributed by atoms with Crippen molar-refractivity contribution in [2.24, 2.45) is 10.9 Å². The van der Waals surface area contributed by atoms with Gasteiger partial charge in [0.2, 0.25) is 5.43 Å². The van der Waals surface area contributed by atoms with Crippen molar-refractivity contribution in [3.05, 3.63) is 63.5 Å². The molecule has 1 N–H and O–H groups in total. The molecular weight excluding hydrogens is 276 g/mol. The predicted molar refractivity (Wildman–Crippen MR) is 87.1 cm³/mol. The van der Waals surface area contributed by atoms with Crippen molar-refractivity contribution in [3.63, 3.8) is 0 Å². The number of hydrogen-bond donors (Lipinski definition) is 1. The number of aromatic amines is 1. The van der Waals surface area contributed by atoms with E-state index in [1.807, 2.05) is 44.2 Å². The number of aromatic nitrogens is 1. The summed E-state index contributed by atoms with van der Waals surface area (Å²) in [5, 5.41) is 0.572. The molecule has 1 aliphatic carbocycles. The van der Waals surface area contributed by atoms with Gasteiger partial charge in [-0.3, -0.25) is 9.59 Å². The summed E-state index contributed by atoms with van der Waals surface area (Å²) in [6.07, 6.45) is 5.61. The highest BCUT2D eigenvalue weighted by atomic mass is 16.1. The van der Waals surface area contributed by atoms with Gasteiger partial charge in [-0.2, -0.15) is 0 Å². The third kappa shape index (κ3) is 1.61. The van der Waals surface area contributed by atoms with Gasteiger partial charge in [0, 0.05) is 5.39 Å². The van der Waals surface area contributed by atoms with Crippen molar-refractivity contribution in [1.29, 1.82) is 0 Å². The second kappa shape index (κ2) is 4.37. The number of allylic oxidation sites excluding steroid dienone is 4. The average Bonchev–Trinajstić information content (AvgIpc) is 2.51. The molecule has 0 spiro atoms. The summed E-state index contributed by atoms with van der Waals surface area (Å²) < 4.78 is 0. The van der Waals surface area contributed by atoms with Crippen molar-refractivity contribution >= 4 is 28.1 Å². The van der Waals surface area contributed by atoms with Crippen LogP contribution in [0.5, 0.6) is 0 Å². The van der Waals surface area contributed by atoms with E-state index in [0.29, 0.717) is 22.3 Å². The molecule has 108 valence electrons. The van der Waals surface area contributed by atoms with Crippen molar-refractivity contribution in [1.82, 2.24) is 4.98 Å². The van der Waals surface area contributed by atoms with Gasteiger partial charge < -0.3 is 4.98 Å². The Morgan fingerprint density at radius 3 is 2.82 bits per heavy atom. The third-order valence-corrected chi connectivity index (χ3v) is 4.33. The third-order valence-electron chi connectivity index (χ3n) is 4.33. The second-order valence-corrected chi connectivity index (χ2v) is 5.75. The highest BCUT2D eigenvalue weighted by Crippen LogP contribution is 2.31. The maximum Gasteiger partial charge on any atom is 0.215 e. The summed E-state index contributed by atoms with van der Waals surface area (Å²) >= 11 is 0. The van der Waals surface area contributed by atoms with E-state index in [4.69, 9.17) is 0 Å². The van der Waals surface area contributed by atoms with E-state index in [2.05, 4.69) is 9.98 Å². The van der Waals surface area contributed by atoms with Crippen LogP contribution in [0.4, 0.5) is 5.69 Å². The zero-order valence-corrected chi connectivity index (χ0v) is 12.3. The Labute approximate surface area is 126 Å². The summed E-state index contributed by atoms with van der Waals surface area (Å²) in [5.74, 6) is -0.486. The molecule has 1 aromatic carbocycles. The molecule has 1 aliphatic heterocycles. The van der Waals surface area contributed by atoms with Gasteiger partial charge in [-0.05, 0) is 31.1 Å². The first-order valence-electron chi connectivity index (χ1n) is 7.22. The van der Waals surface area contributed by atoms with E-state index in [0.717, 1.165) is 11.1 Å². The number of nitrogens with zero attached hydrogens (tertiary/aromatic N) is 1. The molecule has 1 unspecified atom stereocenters. The highest BCUT2D eigenvalue weighted by molar-refractivity contribution is 6.24. The number of ketones is 1. The monoisotopic (exact) mass is 290 g/mol. The molecule has 1 aromatic heterocycles. The predicted octanol–water partition coefficient (Wildman–Crippen LogP) is 3.24. The molecular formula is C18H14N2O2. The van der Waals surface area contributed by atoms with Gasteiger partial charge in [-0.25, -0.2) is 4.99 Å². The first kappa shape index (κ1) is 13.0. The fraction of sp³-hybridized carbons (Fsp3) is 0.167. The van der Waals surface area contributed by atoms with Crippen LogP contribution in [0.1, 0.15) is 23.0 Å². The van der Waals surface area contributed by atoms with E-state index in [-0.39, 0.29) is 16.9 Å². The lowest BCUT2D eigenvalue weighted by Gasteiger charge is -2.24. The first-order valence-corrected chi connectivity index (χ1v) is 7.22. The van der Waals surface area contributed by atoms with Crippen LogP contribution in [0, 0.1) is 12.8 Å². The molecule has 0 radical (unpaired) electrons. The average molecular weight is 290 g/mol. The molecule has 0 saturated carbocycles. The molecule has 2 heterocycles. The minimum absolute atomic E-state index is 0.0917. The molecule has 0 fully saturated rings. The molecule has 1 atom stereocenters. The topological polar surface area (TPSA) is 62.3 Å². The van der Waals surface area contributed by atoms with Crippen LogP contribution in [0.3, 0.4) is 0 Å². The lowest BCUT2D eigenvalue weighted by molar-refractivity contribution is 0.0966. The van der Waals surface area contributed by atoms with E-state index in [1.165, 1.54) is 0 Å². The van der Waals surface area contributed by atoms with Gasteiger partial charge in [0.15, 0.2) is 5.78 Å². The van der Waals surface area contributed by atoms with Gasteiger partial charge in [-0.15, -0.1) is 0 Å². The fourth-order valence-corrected chi connectivity index (χ4v) is 3.11. The van der Waals surface area contributed by atoms with Crippen LogP contribution in [0.25, 0.3) is 10.9 Å². The van der Waals surface area contributed by atoms with E-state index >= 15 is 0 Å². The maximum atomic E-state index is 12.8. The minimum Gasteiger partial charge on any atom is -0.350 e. The van der Waals surface area contributed by atoms with Crippen molar-refractivity contribution in [2.75, 3.05) is 0 Å². The summed E-state index contributed by atoms with van der Waals surface area (Å²) in [4.78, 5) is 33.2.